The molecule has 0 N–H and O–H groups in total. The highest BCUT2D eigenvalue weighted by Gasteiger charge is 2.37. The summed E-state index contributed by atoms with van der Waals surface area (Å²) in [7, 11) is 1.49. The standard InChI is InChI=1S/C22H16N4O2/c1-13-7-6-10-15(11-13)26-20-18(19(24-26)14-8-4-3-5-9-14)17-16(12-23-20)21(27)25(2)22(17)28/h3-12H,1-2H3. The lowest BCUT2D eigenvalue weighted by molar-refractivity contribution is 0.0693. The minimum Gasteiger partial charge on any atom is -0.277 e. The van der Waals surface area contributed by atoms with E-state index >= 15 is 0 Å². The number of hydrogen-bond donors (Lipinski definition) is 0. The van der Waals surface area contributed by atoms with Crippen LogP contribution in [-0.2, 0) is 0 Å². The van der Waals surface area contributed by atoms with Crippen LogP contribution in [-0.4, -0.2) is 38.5 Å². The maximum absolute atomic E-state index is 12.8. The van der Waals surface area contributed by atoms with Gasteiger partial charge < -0.3 is 0 Å². The number of pyridine rings is 1. The molecule has 0 spiro atoms. The van der Waals surface area contributed by atoms with Crippen LogP contribution in [0.2, 0.25) is 0 Å². The first-order valence-corrected chi connectivity index (χ1v) is 8.93. The Morgan fingerprint density at radius 3 is 2.46 bits per heavy atom. The Bertz CT molecular complexity index is 1270. The van der Waals surface area contributed by atoms with Crippen LogP contribution in [0.25, 0.3) is 28.0 Å². The molecular weight excluding hydrogens is 352 g/mol. The van der Waals surface area contributed by atoms with Gasteiger partial charge in [0.15, 0.2) is 5.65 Å². The van der Waals surface area contributed by atoms with Crippen LogP contribution < -0.4 is 0 Å². The third kappa shape index (κ3) is 2.21. The first-order valence-electron chi connectivity index (χ1n) is 8.93. The van der Waals surface area contributed by atoms with E-state index in [1.165, 1.54) is 13.2 Å². The van der Waals surface area contributed by atoms with E-state index in [1.807, 2.05) is 61.5 Å². The largest absolute Gasteiger partial charge is 0.277 e. The van der Waals surface area contributed by atoms with E-state index in [0.29, 0.717) is 27.9 Å². The van der Waals surface area contributed by atoms with Crippen molar-refractivity contribution in [3.8, 4) is 16.9 Å². The predicted octanol–water partition coefficient (Wildman–Crippen LogP) is 3.62. The third-order valence-corrected chi connectivity index (χ3v) is 5.04. The number of benzene rings is 2. The van der Waals surface area contributed by atoms with Crippen LogP contribution >= 0.6 is 0 Å². The fraction of sp³-hybridized carbons (Fsp3) is 0.0909. The molecular formula is C22H16N4O2. The van der Waals surface area contributed by atoms with Crippen molar-refractivity contribution < 1.29 is 9.59 Å². The molecule has 0 bridgehead atoms. The molecule has 0 atom stereocenters. The van der Waals surface area contributed by atoms with Crippen molar-refractivity contribution in [2.24, 2.45) is 0 Å². The summed E-state index contributed by atoms with van der Waals surface area (Å²) in [6.45, 7) is 2.01. The summed E-state index contributed by atoms with van der Waals surface area (Å²) >= 11 is 0. The molecule has 1 aliphatic heterocycles. The number of nitrogens with zero attached hydrogens (tertiary/aromatic N) is 4. The zero-order valence-electron chi connectivity index (χ0n) is 15.4. The summed E-state index contributed by atoms with van der Waals surface area (Å²) in [5, 5.41) is 5.41. The predicted molar refractivity (Wildman–Crippen MR) is 105 cm³/mol. The Labute approximate surface area is 161 Å². The second kappa shape index (κ2) is 5.85. The second-order valence-electron chi connectivity index (χ2n) is 6.88. The topological polar surface area (TPSA) is 68.1 Å². The monoisotopic (exact) mass is 368 g/mol. The van der Waals surface area contributed by atoms with Crippen LogP contribution in [0.4, 0.5) is 0 Å². The maximum atomic E-state index is 12.8. The van der Waals surface area contributed by atoms with E-state index in [-0.39, 0.29) is 11.8 Å². The summed E-state index contributed by atoms with van der Waals surface area (Å²) in [4.78, 5) is 31.0. The van der Waals surface area contributed by atoms with Crippen molar-refractivity contribution >= 4 is 22.8 Å². The number of rotatable bonds is 2. The number of aryl methyl sites for hydroxylation is 1. The molecule has 0 fully saturated rings. The van der Waals surface area contributed by atoms with Gasteiger partial charge in [-0.2, -0.15) is 5.10 Å². The molecule has 136 valence electrons. The molecule has 0 aliphatic carbocycles. The van der Waals surface area contributed by atoms with Gasteiger partial charge in [0, 0.05) is 18.8 Å². The molecule has 2 aromatic heterocycles. The van der Waals surface area contributed by atoms with Crippen LogP contribution in [0.3, 0.4) is 0 Å². The smallest absolute Gasteiger partial charge is 0.262 e. The highest BCUT2D eigenvalue weighted by atomic mass is 16.2. The van der Waals surface area contributed by atoms with Crippen LogP contribution in [0.15, 0.2) is 60.8 Å². The summed E-state index contributed by atoms with van der Waals surface area (Å²) in [5.41, 5.74) is 4.69. The van der Waals surface area contributed by atoms with Gasteiger partial charge in [0.25, 0.3) is 11.8 Å². The normalized spacial score (nSPS) is 13.4. The number of fused-ring (bicyclic) bond motifs is 3. The number of imide groups is 1. The molecule has 0 saturated heterocycles. The molecule has 0 unspecified atom stereocenters. The summed E-state index contributed by atoms with van der Waals surface area (Å²) in [5.74, 6) is -0.662. The highest BCUT2D eigenvalue weighted by Crippen LogP contribution is 2.36. The van der Waals surface area contributed by atoms with Crippen molar-refractivity contribution in [1.82, 2.24) is 19.7 Å². The highest BCUT2D eigenvalue weighted by molar-refractivity contribution is 6.27. The fourth-order valence-electron chi connectivity index (χ4n) is 3.65. The molecule has 28 heavy (non-hydrogen) atoms. The molecule has 2 aromatic carbocycles. The molecule has 6 heteroatoms. The van der Waals surface area contributed by atoms with Gasteiger partial charge in [-0.15, -0.1) is 0 Å². The van der Waals surface area contributed by atoms with Crippen molar-refractivity contribution in [2.45, 2.75) is 6.92 Å². The fourth-order valence-corrected chi connectivity index (χ4v) is 3.65. The molecule has 0 radical (unpaired) electrons. The van der Waals surface area contributed by atoms with E-state index in [0.717, 1.165) is 21.7 Å². The van der Waals surface area contributed by atoms with E-state index in [4.69, 9.17) is 5.10 Å². The Morgan fingerprint density at radius 2 is 1.71 bits per heavy atom. The zero-order chi connectivity index (χ0) is 19.4. The lowest BCUT2D eigenvalue weighted by Gasteiger charge is -2.04. The molecule has 6 nitrogen and oxygen atoms in total. The van der Waals surface area contributed by atoms with Gasteiger partial charge in [-0.1, -0.05) is 42.5 Å². The minimum atomic E-state index is -0.336. The maximum Gasteiger partial charge on any atom is 0.262 e. The SMILES string of the molecule is Cc1cccc(-n2nc(-c3ccccc3)c3c4c(cnc32)C(=O)N(C)C4=O)c1. The molecule has 5 rings (SSSR count). The molecule has 1 aliphatic rings. The van der Waals surface area contributed by atoms with E-state index < -0.39 is 0 Å². The molecule has 2 amide bonds. The van der Waals surface area contributed by atoms with Crippen molar-refractivity contribution in [3.63, 3.8) is 0 Å². The number of carbonyl (C=O) groups excluding carboxylic acids is 2. The van der Waals surface area contributed by atoms with Gasteiger partial charge in [-0.25, -0.2) is 9.67 Å². The van der Waals surface area contributed by atoms with Crippen LogP contribution in [0.5, 0.6) is 0 Å². The summed E-state index contributed by atoms with van der Waals surface area (Å²) in [6, 6.07) is 17.6. The number of hydrogen-bond acceptors (Lipinski definition) is 4. The van der Waals surface area contributed by atoms with Gasteiger partial charge in [0.1, 0.15) is 5.69 Å². The Balaban J connectivity index is 1.91. The average molecular weight is 368 g/mol. The number of aromatic nitrogens is 3. The van der Waals surface area contributed by atoms with Gasteiger partial charge in [0.2, 0.25) is 0 Å². The third-order valence-electron chi connectivity index (χ3n) is 5.04. The van der Waals surface area contributed by atoms with E-state index in [9.17, 15) is 9.59 Å². The van der Waals surface area contributed by atoms with Crippen LogP contribution in [0, 0.1) is 6.92 Å². The van der Waals surface area contributed by atoms with Crippen LogP contribution in [0.1, 0.15) is 26.3 Å². The molecule has 4 aromatic rings. The van der Waals surface area contributed by atoms with Crippen molar-refractivity contribution in [2.75, 3.05) is 7.05 Å². The Kier molecular flexibility index (Phi) is 3.42. The van der Waals surface area contributed by atoms with E-state index in [2.05, 4.69) is 4.98 Å². The zero-order valence-corrected chi connectivity index (χ0v) is 15.4. The van der Waals surface area contributed by atoms with Gasteiger partial charge in [0.05, 0.1) is 22.2 Å². The lowest BCUT2D eigenvalue weighted by Crippen LogP contribution is -2.24. The average Bonchev–Trinajstić information content (AvgIpc) is 3.21. The number of amides is 2. The summed E-state index contributed by atoms with van der Waals surface area (Å²) < 4.78 is 1.74. The van der Waals surface area contributed by atoms with Gasteiger partial charge in [-0.05, 0) is 24.6 Å². The number of carbonyl (C=O) groups is 2. The van der Waals surface area contributed by atoms with E-state index in [1.54, 1.807) is 4.68 Å². The summed E-state index contributed by atoms with van der Waals surface area (Å²) in [6.07, 6.45) is 1.48. The van der Waals surface area contributed by atoms with Gasteiger partial charge >= 0.3 is 0 Å². The first kappa shape index (κ1) is 16.4. The molecule has 3 heterocycles. The first-order chi connectivity index (χ1) is 13.6. The molecule has 0 saturated carbocycles. The van der Waals surface area contributed by atoms with Crippen molar-refractivity contribution in [1.29, 1.82) is 0 Å². The minimum absolute atomic E-state index is 0.320. The van der Waals surface area contributed by atoms with Gasteiger partial charge in [-0.3, -0.25) is 14.5 Å². The Hall–Kier alpha value is -3.80. The van der Waals surface area contributed by atoms with Crippen molar-refractivity contribution in [3.05, 3.63) is 77.5 Å². The second-order valence-corrected chi connectivity index (χ2v) is 6.88. The quantitative estimate of drug-likeness (QED) is 0.507. The Morgan fingerprint density at radius 1 is 0.929 bits per heavy atom. The lowest BCUT2D eigenvalue weighted by atomic mass is 10.0.